The molecule has 0 saturated carbocycles. The third-order valence-corrected chi connectivity index (χ3v) is 3.27. The Morgan fingerprint density at radius 3 is 2.47 bits per heavy atom. The van der Waals surface area contributed by atoms with Crippen LogP contribution in [0.3, 0.4) is 0 Å². The van der Waals surface area contributed by atoms with E-state index in [0.29, 0.717) is 4.47 Å². The van der Waals surface area contributed by atoms with E-state index in [0.717, 1.165) is 6.20 Å². The van der Waals surface area contributed by atoms with Crippen LogP contribution in [0.25, 0.3) is 0 Å². The summed E-state index contributed by atoms with van der Waals surface area (Å²) in [5, 5.41) is 19.5. The van der Waals surface area contributed by atoms with Crippen molar-refractivity contribution in [1.82, 2.24) is 0 Å². The van der Waals surface area contributed by atoms with Crippen LogP contribution in [-0.2, 0) is 0 Å². The first kappa shape index (κ1) is 14.0. The van der Waals surface area contributed by atoms with E-state index in [4.69, 9.17) is 22.1 Å². The van der Waals surface area contributed by atoms with Crippen LogP contribution in [0, 0.1) is 28.5 Å². The van der Waals surface area contributed by atoms with Crippen LogP contribution in [0.1, 0.15) is 0 Å². The lowest BCUT2D eigenvalue weighted by Crippen LogP contribution is -1.95. The molecular weight excluding hydrogens is 376 g/mol. The van der Waals surface area contributed by atoms with Crippen LogP contribution < -0.4 is 5.32 Å². The second kappa shape index (κ2) is 6.02. The van der Waals surface area contributed by atoms with E-state index in [2.05, 4.69) is 37.2 Å². The Hall–Kier alpha value is -1.08. The maximum absolute atomic E-state index is 13.5. The van der Waals surface area contributed by atoms with Gasteiger partial charge in [0, 0.05) is 10.7 Å². The minimum Gasteiger partial charge on any atom is -0.358 e. The van der Waals surface area contributed by atoms with Crippen LogP contribution in [-0.4, -0.2) is 0 Å². The second-order valence-corrected chi connectivity index (χ2v) is 4.86. The number of nitrogens with one attached hydrogen (secondary N) is 1. The fourth-order valence-electron chi connectivity index (χ4n) is 0.932. The van der Waals surface area contributed by atoms with E-state index in [1.807, 2.05) is 0 Å². The molecule has 7 heteroatoms. The Balaban J connectivity index is 3.18. The average Bonchev–Trinajstić information content (AvgIpc) is 2.31. The topological polar surface area (TPSA) is 59.6 Å². The number of rotatable bonds is 2. The first-order chi connectivity index (χ1) is 8.01. The molecular formula is C10H3Br2ClFN3. The number of nitriles is 2. The van der Waals surface area contributed by atoms with Gasteiger partial charge in [-0.1, -0.05) is 11.6 Å². The first-order valence-electron chi connectivity index (χ1n) is 4.11. The maximum Gasteiger partial charge on any atom is 0.158 e. The average molecular weight is 379 g/mol. The van der Waals surface area contributed by atoms with Crippen molar-refractivity contribution in [3.05, 3.63) is 37.6 Å². The molecule has 17 heavy (non-hydrogen) atoms. The van der Waals surface area contributed by atoms with Crippen LogP contribution in [0.5, 0.6) is 0 Å². The van der Waals surface area contributed by atoms with E-state index >= 15 is 0 Å². The normalized spacial score (nSPS) is 9.06. The van der Waals surface area contributed by atoms with Gasteiger partial charge in [-0.3, -0.25) is 0 Å². The van der Waals surface area contributed by atoms with Gasteiger partial charge in [0.25, 0.3) is 0 Å². The molecule has 1 aromatic carbocycles. The molecule has 0 unspecified atom stereocenters. The lowest BCUT2D eigenvalue weighted by atomic mass is 10.3. The molecule has 0 aliphatic heterocycles. The fourth-order valence-corrected chi connectivity index (χ4v) is 2.69. The highest BCUT2D eigenvalue weighted by Crippen LogP contribution is 2.37. The maximum atomic E-state index is 13.5. The minimum absolute atomic E-state index is 0.141. The smallest absolute Gasteiger partial charge is 0.158 e. The molecule has 0 radical (unpaired) electrons. The highest BCUT2D eigenvalue weighted by Gasteiger charge is 2.13. The van der Waals surface area contributed by atoms with Crippen LogP contribution in [0.4, 0.5) is 10.1 Å². The van der Waals surface area contributed by atoms with Gasteiger partial charge < -0.3 is 5.32 Å². The second-order valence-electron chi connectivity index (χ2n) is 2.77. The molecule has 0 saturated heterocycles. The SMILES string of the molecule is N#CC(C#N)=CNc1c(Br)cc(Br)c(F)c1Cl. The number of anilines is 1. The van der Waals surface area contributed by atoms with Crippen molar-refractivity contribution in [2.75, 3.05) is 5.32 Å². The Morgan fingerprint density at radius 2 is 1.94 bits per heavy atom. The summed E-state index contributed by atoms with van der Waals surface area (Å²) >= 11 is 12.0. The predicted octanol–water partition coefficient (Wildman–Crippen LogP) is 4.35. The monoisotopic (exact) mass is 377 g/mol. The van der Waals surface area contributed by atoms with Crippen LogP contribution >= 0.6 is 43.5 Å². The third kappa shape index (κ3) is 3.19. The molecule has 0 aliphatic rings. The highest BCUT2D eigenvalue weighted by molar-refractivity contribution is 9.11. The molecule has 1 rings (SSSR count). The largest absolute Gasteiger partial charge is 0.358 e. The summed E-state index contributed by atoms with van der Waals surface area (Å²) in [4.78, 5) is 0. The number of hydrogen-bond acceptors (Lipinski definition) is 3. The molecule has 3 nitrogen and oxygen atoms in total. The van der Waals surface area contributed by atoms with Crippen molar-refractivity contribution in [3.63, 3.8) is 0 Å². The van der Waals surface area contributed by atoms with Crippen LogP contribution in [0.15, 0.2) is 26.8 Å². The lowest BCUT2D eigenvalue weighted by molar-refractivity contribution is 0.622. The summed E-state index contributed by atoms with van der Waals surface area (Å²) in [5.74, 6) is -0.624. The zero-order chi connectivity index (χ0) is 13.0. The summed E-state index contributed by atoms with van der Waals surface area (Å²) in [6, 6.07) is 4.79. The predicted molar refractivity (Wildman–Crippen MR) is 69.7 cm³/mol. The molecule has 1 aromatic rings. The molecule has 0 atom stereocenters. The molecule has 0 bridgehead atoms. The van der Waals surface area contributed by atoms with Crippen molar-refractivity contribution in [3.8, 4) is 12.1 Å². The lowest BCUT2D eigenvalue weighted by Gasteiger charge is -2.08. The summed E-state index contributed by atoms with van der Waals surface area (Å²) in [6.07, 6.45) is 1.15. The minimum atomic E-state index is -0.624. The van der Waals surface area contributed by atoms with E-state index in [1.165, 1.54) is 6.07 Å². The van der Waals surface area contributed by atoms with Crippen molar-refractivity contribution < 1.29 is 4.39 Å². The van der Waals surface area contributed by atoms with Gasteiger partial charge in [0.1, 0.15) is 22.7 Å². The Morgan fingerprint density at radius 1 is 1.35 bits per heavy atom. The van der Waals surface area contributed by atoms with Gasteiger partial charge in [-0.05, 0) is 37.9 Å². The Labute approximate surface area is 119 Å². The zero-order valence-corrected chi connectivity index (χ0v) is 12.0. The van der Waals surface area contributed by atoms with E-state index in [-0.39, 0.29) is 20.8 Å². The van der Waals surface area contributed by atoms with Gasteiger partial charge >= 0.3 is 0 Å². The quantitative estimate of drug-likeness (QED) is 0.472. The van der Waals surface area contributed by atoms with Gasteiger partial charge in [-0.2, -0.15) is 10.5 Å². The molecule has 86 valence electrons. The van der Waals surface area contributed by atoms with Gasteiger partial charge in [-0.15, -0.1) is 0 Å². The number of allylic oxidation sites excluding steroid dienone is 1. The number of halogens is 4. The van der Waals surface area contributed by atoms with Gasteiger partial charge in [0.15, 0.2) is 5.82 Å². The van der Waals surface area contributed by atoms with Crippen molar-refractivity contribution in [1.29, 1.82) is 10.5 Å². The summed E-state index contributed by atoms with van der Waals surface area (Å²) in [5.41, 5.74) is 0.103. The van der Waals surface area contributed by atoms with Gasteiger partial charge in [-0.25, -0.2) is 4.39 Å². The summed E-state index contributed by atoms with van der Waals surface area (Å²) in [7, 11) is 0. The van der Waals surface area contributed by atoms with E-state index in [9.17, 15) is 4.39 Å². The third-order valence-electron chi connectivity index (χ3n) is 1.72. The Bertz CT molecular complexity index is 556. The molecule has 0 fully saturated rings. The molecule has 0 spiro atoms. The van der Waals surface area contributed by atoms with Gasteiger partial charge in [0.05, 0.1) is 10.2 Å². The standard InChI is InChI=1S/C10H3Br2ClFN3/c11-6-1-7(12)10(8(13)9(6)14)17-4-5(2-15)3-16/h1,4,17H. The molecule has 0 aromatic heterocycles. The highest BCUT2D eigenvalue weighted by atomic mass is 79.9. The molecule has 1 N–H and O–H groups in total. The van der Waals surface area contributed by atoms with E-state index in [1.54, 1.807) is 12.1 Å². The number of hydrogen-bond donors (Lipinski definition) is 1. The van der Waals surface area contributed by atoms with Crippen molar-refractivity contribution >= 4 is 49.1 Å². The number of nitrogens with zero attached hydrogens (tertiary/aromatic N) is 2. The Kier molecular flexibility index (Phi) is 4.95. The zero-order valence-electron chi connectivity index (χ0n) is 8.06. The van der Waals surface area contributed by atoms with Crippen molar-refractivity contribution in [2.24, 2.45) is 0 Å². The molecule has 0 heterocycles. The first-order valence-corrected chi connectivity index (χ1v) is 6.07. The van der Waals surface area contributed by atoms with E-state index < -0.39 is 5.82 Å². The summed E-state index contributed by atoms with van der Waals surface area (Å²) < 4.78 is 14.2. The van der Waals surface area contributed by atoms with Crippen LogP contribution in [0.2, 0.25) is 5.02 Å². The van der Waals surface area contributed by atoms with Crippen molar-refractivity contribution in [2.45, 2.75) is 0 Å². The number of benzene rings is 1. The van der Waals surface area contributed by atoms with Gasteiger partial charge in [0.2, 0.25) is 0 Å². The molecule has 0 aliphatic carbocycles. The fraction of sp³-hybridized carbons (Fsp3) is 0. The summed E-state index contributed by atoms with van der Waals surface area (Å²) in [6.45, 7) is 0. The molecule has 0 amide bonds.